The Labute approximate surface area is 125 Å². The molecule has 0 unspecified atom stereocenters. The van der Waals surface area contributed by atoms with Gasteiger partial charge in [-0.3, -0.25) is 9.89 Å². The van der Waals surface area contributed by atoms with Gasteiger partial charge < -0.3 is 10.1 Å². The third-order valence-corrected chi connectivity index (χ3v) is 3.63. The molecular weight excluding hydrogens is 322 g/mol. The Morgan fingerprint density at radius 3 is 2.70 bits per heavy atom. The SMILES string of the molecule is COc1ccccc1C(C)(C)NC(=O)c1[nH]ncc1Br. The van der Waals surface area contributed by atoms with E-state index >= 15 is 0 Å². The number of rotatable bonds is 4. The molecule has 2 N–H and O–H groups in total. The van der Waals surface area contributed by atoms with E-state index in [9.17, 15) is 4.79 Å². The van der Waals surface area contributed by atoms with E-state index in [1.54, 1.807) is 13.3 Å². The summed E-state index contributed by atoms with van der Waals surface area (Å²) in [5, 5.41) is 9.46. The number of hydrogen-bond donors (Lipinski definition) is 2. The molecule has 0 aliphatic rings. The van der Waals surface area contributed by atoms with Crippen molar-refractivity contribution < 1.29 is 9.53 Å². The number of benzene rings is 1. The number of amides is 1. The highest BCUT2D eigenvalue weighted by Gasteiger charge is 2.27. The molecule has 20 heavy (non-hydrogen) atoms. The largest absolute Gasteiger partial charge is 0.496 e. The highest BCUT2D eigenvalue weighted by atomic mass is 79.9. The molecule has 0 radical (unpaired) electrons. The highest BCUT2D eigenvalue weighted by Crippen LogP contribution is 2.29. The Hall–Kier alpha value is -1.82. The van der Waals surface area contributed by atoms with Crippen molar-refractivity contribution in [3.63, 3.8) is 0 Å². The predicted octanol–water partition coefficient (Wildman–Crippen LogP) is 2.85. The molecule has 1 amide bonds. The minimum atomic E-state index is -0.575. The van der Waals surface area contributed by atoms with Crippen LogP contribution in [0, 0.1) is 0 Å². The minimum Gasteiger partial charge on any atom is -0.496 e. The molecule has 2 aromatic rings. The van der Waals surface area contributed by atoms with Crippen LogP contribution < -0.4 is 10.1 Å². The molecule has 1 heterocycles. The Kier molecular flexibility index (Phi) is 4.13. The van der Waals surface area contributed by atoms with Crippen LogP contribution >= 0.6 is 15.9 Å². The van der Waals surface area contributed by atoms with Gasteiger partial charge in [-0.1, -0.05) is 18.2 Å². The van der Waals surface area contributed by atoms with Crippen LogP contribution in [0.2, 0.25) is 0 Å². The van der Waals surface area contributed by atoms with E-state index in [-0.39, 0.29) is 5.91 Å². The van der Waals surface area contributed by atoms with Crippen molar-refractivity contribution in [1.82, 2.24) is 15.5 Å². The molecule has 1 aromatic carbocycles. The minimum absolute atomic E-state index is 0.231. The van der Waals surface area contributed by atoms with E-state index in [0.29, 0.717) is 10.2 Å². The summed E-state index contributed by atoms with van der Waals surface area (Å²) >= 11 is 3.28. The first-order valence-corrected chi connectivity index (χ1v) is 6.90. The Morgan fingerprint density at radius 2 is 2.10 bits per heavy atom. The maximum Gasteiger partial charge on any atom is 0.271 e. The van der Waals surface area contributed by atoms with Gasteiger partial charge in [-0.15, -0.1) is 0 Å². The van der Waals surface area contributed by atoms with Crippen LogP contribution in [0.1, 0.15) is 29.9 Å². The lowest BCUT2D eigenvalue weighted by Crippen LogP contribution is -2.41. The molecule has 0 saturated carbocycles. The third-order valence-electron chi connectivity index (χ3n) is 3.03. The van der Waals surface area contributed by atoms with Crippen molar-refractivity contribution in [2.24, 2.45) is 0 Å². The molecule has 0 spiro atoms. The summed E-state index contributed by atoms with van der Waals surface area (Å²) in [6.07, 6.45) is 1.55. The van der Waals surface area contributed by atoms with Gasteiger partial charge in [-0.2, -0.15) is 5.10 Å². The first kappa shape index (κ1) is 14.6. The lowest BCUT2D eigenvalue weighted by molar-refractivity contribution is 0.0905. The van der Waals surface area contributed by atoms with Gasteiger partial charge in [-0.25, -0.2) is 0 Å². The number of aromatic amines is 1. The van der Waals surface area contributed by atoms with Gasteiger partial charge in [0.1, 0.15) is 11.4 Å². The Morgan fingerprint density at radius 1 is 1.40 bits per heavy atom. The number of para-hydroxylation sites is 1. The number of carbonyl (C=O) groups excluding carboxylic acids is 1. The molecule has 5 nitrogen and oxygen atoms in total. The van der Waals surface area contributed by atoms with Gasteiger partial charge in [0, 0.05) is 5.56 Å². The van der Waals surface area contributed by atoms with Gasteiger partial charge >= 0.3 is 0 Å². The summed E-state index contributed by atoms with van der Waals surface area (Å²) in [5.41, 5.74) is 0.730. The fraction of sp³-hybridized carbons (Fsp3) is 0.286. The third kappa shape index (κ3) is 2.85. The number of ether oxygens (including phenoxy) is 1. The standard InChI is InChI=1S/C14H16BrN3O2/c1-14(2,9-6-4-5-7-11(9)20-3)17-13(19)12-10(15)8-16-18-12/h4-8H,1-3H3,(H,16,18)(H,17,19). The first-order chi connectivity index (χ1) is 9.45. The molecule has 0 saturated heterocycles. The quantitative estimate of drug-likeness (QED) is 0.901. The van der Waals surface area contributed by atoms with Gasteiger partial charge in [0.2, 0.25) is 0 Å². The van der Waals surface area contributed by atoms with E-state index in [0.717, 1.165) is 11.3 Å². The van der Waals surface area contributed by atoms with Gasteiger partial charge in [0.25, 0.3) is 5.91 Å². The molecule has 1 aromatic heterocycles. The summed E-state index contributed by atoms with van der Waals surface area (Å²) in [5.74, 6) is 0.506. The summed E-state index contributed by atoms with van der Waals surface area (Å²) < 4.78 is 5.98. The fourth-order valence-electron chi connectivity index (χ4n) is 2.01. The topological polar surface area (TPSA) is 67.0 Å². The molecule has 6 heteroatoms. The lowest BCUT2D eigenvalue weighted by atomic mass is 9.93. The second-order valence-electron chi connectivity index (χ2n) is 4.87. The summed E-state index contributed by atoms with van der Waals surface area (Å²) in [6, 6.07) is 7.61. The van der Waals surface area contributed by atoms with Gasteiger partial charge in [0.15, 0.2) is 0 Å². The average molecular weight is 338 g/mol. The van der Waals surface area contributed by atoms with Crippen molar-refractivity contribution in [2.45, 2.75) is 19.4 Å². The zero-order valence-corrected chi connectivity index (χ0v) is 13.1. The van der Waals surface area contributed by atoms with Crippen molar-refractivity contribution in [2.75, 3.05) is 7.11 Å². The fourth-order valence-corrected chi connectivity index (χ4v) is 2.38. The molecule has 106 valence electrons. The monoisotopic (exact) mass is 337 g/mol. The summed E-state index contributed by atoms with van der Waals surface area (Å²) in [4.78, 5) is 12.3. The summed E-state index contributed by atoms with van der Waals surface area (Å²) in [7, 11) is 1.61. The Bertz CT molecular complexity index is 622. The first-order valence-electron chi connectivity index (χ1n) is 6.10. The van der Waals surface area contributed by atoms with Gasteiger partial charge in [-0.05, 0) is 35.8 Å². The number of nitrogens with zero attached hydrogens (tertiary/aromatic N) is 1. The van der Waals surface area contributed by atoms with Crippen LogP contribution in [-0.2, 0) is 5.54 Å². The van der Waals surface area contributed by atoms with Crippen molar-refractivity contribution in [1.29, 1.82) is 0 Å². The van der Waals surface area contributed by atoms with Crippen LogP contribution in [0.15, 0.2) is 34.9 Å². The number of H-pyrrole nitrogens is 1. The second-order valence-corrected chi connectivity index (χ2v) is 5.73. The molecule has 0 fully saturated rings. The molecule has 0 atom stereocenters. The van der Waals surface area contributed by atoms with Crippen LogP contribution in [0.25, 0.3) is 0 Å². The van der Waals surface area contributed by atoms with Gasteiger partial charge in [0.05, 0.1) is 23.3 Å². The van der Waals surface area contributed by atoms with Crippen LogP contribution in [0.4, 0.5) is 0 Å². The number of carbonyl (C=O) groups is 1. The Balaban J connectivity index is 2.27. The second kappa shape index (κ2) is 5.66. The van der Waals surface area contributed by atoms with Crippen molar-refractivity contribution >= 4 is 21.8 Å². The predicted molar refractivity (Wildman–Crippen MR) is 79.8 cm³/mol. The normalized spacial score (nSPS) is 11.2. The zero-order valence-electron chi connectivity index (χ0n) is 11.5. The maximum absolute atomic E-state index is 12.3. The number of halogens is 1. The molecule has 0 aliphatic carbocycles. The molecule has 0 bridgehead atoms. The van der Waals surface area contributed by atoms with E-state index in [1.165, 1.54) is 0 Å². The van der Waals surface area contributed by atoms with Crippen molar-refractivity contribution in [3.8, 4) is 5.75 Å². The van der Waals surface area contributed by atoms with E-state index in [2.05, 4.69) is 31.4 Å². The molecular formula is C14H16BrN3O2. The average Bonchev–Trinajstić information content (AvgIpc) is 2.84. The van der Waals surface area contributed by atoms with E-state index in [4.69, 9.17) is 4.74 Å². The van der Waals surface area contributed by atoms with Crippen LogP contribution in [0.5, 0.6) is 5.75 Å². The summed E-state index contributed by atoms with van der Waals surface area (Å²) in [6.45, 7) is 3.85. The van der Waals surface area contributed by atoms with Crippen LogP contribution in [-0.4, -0.2) is 23.2 Å². The number of aromatic nitrogens is 2. The zero-order chi connectivity index (χ0) is 14.8. The smallest absolute Gasteiger partial charge is 0.271 e. The maximum atomic E-state index is 12.3. The highest BCUT2D eigenvalue weighted by molar-refractivity contribution is 9.10. The molecule has 0 aliphatic heterocycles. The lowest BCUT2D eigenvalue weighted by Gasteiger charge is -2.28. The number of methoxy groups -OCH3 is 1. The van der Waals surface area contributed by atoms with Crippen molar-refractivity contribution in [3.05, 3.63) is 46.2 Å². The molecule has 2 rings (SSSR count). The number of nitrogens with one attached hydrogen (secondary N) is 2. The van der Waals surface area contributed by atoms with E-state index < -0.39 is 5.54 Å². The van der Waals surface area contributed by atoms with Crippen LogP contribution in [0.3, 0.4) is 0 Å². The van der Waals surface area contributed by atoms with E-state index in [1.807, 2.05) is 38.1 Å². The number of hydrogen-bond acceptors (Lipinski definition) is 3.